The van der Waals surface area contributed by atoms with Crippen LogP contribution in [0.25, 0.3) is 0 Å². The van der Waals surface area contributed by atoms with Crippen LogP contribution in [0.2, 0.25) is 5.02 Å². The van der Waals surface area contributed by atoms with Gasteiger partial charge in [0.05, 0.1) is 31.7 Å². The molecule has 0 fully saturated rings. The van der Waals surface area contributed by atoms with Gasteiger partial charge < -0.3 is 15.1 Å². The molecule has 3 rings (SSSR count). The minimum Gasteiger partial charge on any atom is -0.459 e. The molecular weight excluding hydrogens is 430 g/mol. The van der Waals surface area contributed by atoms with Crippen molar-refractivity contribution in [2.45, 2.75) is 17.6 Å². The van der Waals surface area contributed by atoms with Crippen LogP contribution < -0.4 is 10.6 Å². The van der Waals surface area contributed by atoms with Gasteiger partial charge in [0.25, 0.3) is 17.6 Å². The molecule has 28 heavy (non-hydrogen) atoms. The molecule has 0 radical (unpaired) electrons. The van der Waals surface area contributed by atoms with Gasteiger partial charge in [0, 0.05) is 0 Å². The highest BCUT2D eigenvalue weighted by atomic mass is 35.5. The predicted molar refractivity (Wildman–Crippen MR) is 107 cm³/mol. The highest BCUT2D eigenvalue weighted by Gasteiger charge is 2.20. The van der Waals surface area contributed by atoms with Crippen LogP contribution in [-0.4, -0.2) is 17.6 Å². The van der Waals surface area contributed by atoms with Crippen LogP contribution in [-0.2, 0) is 0 Å². The number of thioether (sulfide) groups is 1. The maximum Gasteiger partial charge on any atom is 0.291 e. The highest BCUT2D eigenvalue weighted by molar-refractivity contribution is 7.99. The lowest BCUT2D eigenvalue weighted by Gasteiger charge is -2.11. The van der Waals surface area contributed by atoms with Crippen LogP contribution in [0, 0.1) is 6.92 Å². The zero-order valence-corrected chi connectivity index (χ0v) is 16.7. The largest absolute Gasteiger partial charge is 0.459 e. The van der Waals surface area contributed by atoms with Crippen molar-refractivity contribution in [2.75, 3.05) is 10.6 Å². The van der Waals surface area contributed by atoms with Crippen LogP contribution in [0.3, 0.4) is 0 Å². The lowest BCUT2D eigenvalue weighted by molar-refractivity contribution is 0.0995. The third-order valence-corrected chi connectivity index (χ3v) is 5.96. The molecule has 0 aliphatic heterocycles. The number of halogens is 3. The fourth-order valence-corrected chi connectivity index (χ4v) is 4.22. The highest BCUT2D eigenvalue weighted by Crippen LogP contribution is 2.38. The van der Waals surface area contributed by atoms with Gasteiger partial charge in [-0.25, -0.2) is 0 Å². The molecular formula is C18H13ClF2N2O3S2. The second kappa shape index (κ2) is 8.76. The molecule has 0 atom stereocenters. The number of thiophene rings is 1. The van der Waals surface area contributed by atoms with Gasteiger partial charge in [0.2, 0.25) is 0 Å². The fourth-order valence-electron chi connectivity index (χ4n) is 2.35. The number of carbonyl (C=O) groups excluding carboxylic acids is 2. The topological polar surface area (TPSA) is 71.3 Å². The molecule has 0 aliphatic carbocycles. The molecule has 3 aromatic rings. The monoisotopic (exact) mass is 442 g/mol. The molecule has 2 heterocycles. The van der Waals surface area contributed by atoms with Gasteiger partial charge in [-0.15, -0.1) is 11.3 Å². The lowest BCUT2D eigenvalue weighted by Crippen LogP contribution is -2.12. The second-order valence-electron chi connectivity index (χ2n) is 5.50. The van der Waals surface area contributed by atoms with Crippen molar-refractivity contribution in [3.8, 4) is 0 Å². The van der Waals surface area contributed by atoms with Crippen LogP contribution >= 0.6 is 34.7 Å². The number of amides is 2. The van der Waals surface area contributed by atoms with E-state index in [0.717, 1.165) is 11.3 Å². The molecule has 0 bridgehead atoms. The summed E-state index contributed by atoms with van der Waals surface area (Å²) in [6.07, 6.45) is 1.38. The average Bonchev–Trinajstić information content (AvgIpc) is 3.27. The third-order valence-electron chi connectivity index (χ3n) is 3.53. The molecule has 146 valence electrons. The van der Waals surface area contributed by atoms with Crippen LogP contribution in [0.1, 0.15) is 25.8 Å². The van der Waals surface area contributed by atoms with Gasteiger partial charge in [-0.3, -0.25) is 9.59 Å². The summed E-state index contributed by atoms with van der Waals surface area (Å²) in [5.74, 6) is -3.46. The maximum absolute atomic E-state index is 12.8. The first-order valence-electron chi connectivity index (χ1n) is 7.85. The molecule has 2 aromatic heterocycles. The Hall–Kier alpha value is -2.36. The van der Waals surface area contributed by atoms with Crippen molar-refractivity contribution in [3.63, 3.8) is 0 Å². The predicted octanol–water partition coefficient (Wildman–Crippen LogP) is 6.12. The first-order chi connectivity index (χ1) is 13.3. The van der Waals surface area contributed by atoms with Crippen molar-refractivity contribution in [3.05, 3.63) is 63.9 Å². The van der Waals surface area contributed by atoms with Gasteiger partial charge >= 0.3 is 0 Å². The van der Waals surface area contributed by atoms with E-state index in [0.29, 0.717) is 15.4 Å². The number of nitrogens with one attached hydrogen (secondary N) is 2. The molecule has 5 nitrogen and oxygen atoms in total. The number of hydrogen-bond acceptors (Lipinski definition) is 5. The standard InChI is InChI=1S/C18H13ClF2N2O3S2/c1-9-8-13(23-16(24)12-6-3-7-26-12)27-14(9)17(25)22-11-5-2-4-10(19)15(11)28-18(20)21/h2-8,18H,1H3,(H,22,25)(H,23,24). The van der Waals surface area contributed by atoms with Gasteiger partial charge in [-0.1, -0.05) is 29.4 Å². The Bertz CT molecular complexity index is 1010. The summed E-state index contributed by atoms with van der Waals surface area (Å²) in [4.78, 5) is 25.1. The number of anilines is 2. The summed E-state index contributed by atoms with van der Waals surface area (Å²) in [5, 5.41) is 5.84. The number of benzene rings is 1. The molecule has 0 saturated carbocycles. The number of furan rings is 1. The van der Waals surface area contributed by atoms with Gasteiger partial charge in [-0.05, 0) is 42.8 Å². The SMILES string of the molecule is Cc1cc(NC(=O)c2ccco2)sc1C(=O)Nc1cccc(Cl)c1SC(F)F. The zero-order valence-electron chi connectivity index (χ0n) is 14.3. The molecule has 10 heteroatoms. The molecule has 1 aromatic carbocycles. The number of aryl methyl sites for hydroxylation is 1. The Morgan fingerprint density at radius 3 is 2.64 bits per heavy atom. The van der Waals surface area contributed by atoms with Crippen molar-refractivity contribution in [1.82, 2.24) is 0 Å². The first-order valence-corrected chi connectivity index (χ1v) is 9.92. The molecule has 0 unspecified atom stereocenters. The Morgan fingerprint density at radius 2 is 1.96 bits per heavy atom. The zero-order chi connectivity index (χ0) is 20.3. The van der Waals surface area contributed by atoms with Crippen LogP contribution in [0.4, 0.5) is 19.5 Å². The van der Waals surface area contributed by atoms with Crippen LogP contribution in [0.15, 0.2) is 52.0 Å². The van der Waals surface area contributed by atoms with Gasteiger partial charge in [0.1, 0.15) is 0 Å². The Balaban J connectivity index is 1.78. The van der Waals surface area contributed by atoms with E-state index >= 15 is 0 Å². The van der Waals surface area contributed by atoms with Crippen LogP contribution in [0.5, 0.6) is 0 Å². The molecule has 0 saturated heterocycles. The summed E-state index contributed by atoms with van der Waals surface area (Å²) < 4.78 is 30.6. The lowest BCUT2D eigenvalue weighted by atomic mass is 10.2. The number of carbonyl (C=O) groups is 2. The maximum atomic E-state index is 12.8. The van der Waals surface area contributed by atoms with E-state index in [1.54, 1.807) is 25.1 Å². The Kier molecular flexibility index (Phi) is 6.38. The van der Waals surface area contributed by atoms with Gasteiger partial charge in [0.15, 0.2) is 5.76 Å². The fraction of sp³-hybridized carbons (Fsp3) is 0.111. The molecule has 0 aliphatic rings. The summed E-state index contributed by atoms with van der Waals surface area (Å²) in [5.41, 5.74) is 0.819. The van der Waals surface area contributed by atoms with E-state index in [1.165, 1.54) is 24.5 Å². The first kappa shape index (κ1) is 20.4. The summed E-state index contributed by atoms with van der Waals surface area (Å²) in [7, 11) is 0. The van der Waals surface area contributed by atoms with Crippen molar-refractivity contribution in [2.24, 2.45) is 0 Å². The van der Waals surface area contributed by atoms with E-state index in [4.69, 9.17) is 16.0 Å². The summed E-state index contributed by atoms with van der Waals surface area (Å²) >= 11 is 7.31. The average molecular weight is 443 g/mol. The van der Waals surface area contributed by atoms with E-state index in [-0.39, 0.29) is 33.1 Å². The normalized spacial score (nSPS) is 10.9. The quantitative estimate of drug-likeness (QED) is 0.451. The number of hydrogen-bond donors (Lipinski definition) is 2. The second-order valence-corrected chi connectivity index (χ2v) is 7.96. The van der Waals surface area contributed by atoms with Crippen molar-refractivity contribution >= 4 is 57.2 Å². The minimum absolute atomic E-state index is 0.0908. The molecule has 0 spiro atoms. The summed E-state index contributed by atoms with van der Waals surface area (Å²) in [6.45, 7) is 1.71. The number of rotatable bonds is 6. The third kappa shape index (κ3) is 4.73. The van der Waals surface area contributed by atoms with Crippen molar-refractivity contribution < 1.29 is 22.8 Å². The molecule has 2 amide bonds. The van der Waals surface area contributed by atoms with Gasteiger partial charge in [-0.2, -0.15) is 8.78 Å². The van der Waals surface area contributed by atoms with E-state index in [2.05, 4.69) is 10.6 Å². The smallest absolute Gasteiger partial charge is 0.291 e. The van der Waals surface area contributed by atoms with Crippen molar-refractivity contribution in [1.29, 1.82) is 0 Å². The Labute approximate surface area is 172 Å². The summed E-state index contributed by atoms with van der Waals surface area (Å²) in [6, 6.07) is 9.28. The van der Waals surface area contributed by atoms with E-state index < -0.39 is 17.6 Å². The Morgan fingerprint density at radius 1 is 1.18 bits per heavy atom. The van der Waals surface area contributed by atoms with E-state index in [1.807, 2.05) is 0 Å². The van der Waals surface area contributed by atoms with E-state index in [9.17, 15) is 18.4 Å². The number of alkyl halides is 2. The molecule has 2 N–H and O–H groups in total. The minimum atomic E-state index is -2.68.